The molecule has 2 N–H and O–H groups in total. The van der Waals surface area contributed by atoms with Crippen molar-refractivity contribution < 1.29 is 0 Å². The van der Waals surface area contributed by atoms with Crippen molar-refractivity contribution in [3.05, 3.63) is 17.0 Å². The van der Waals surface area contributed by atoms with E-state index in [0.29, 0.717) is 12.0 Å². The molecule has 0 saturated carbocycles. The Morgan fingerprint density at radius 3 is 2.44 bits per heavy atom. The highest BCUT2D eigenvalue weighted by Gasteiger charge is 2.16. The Morgan fingerprint density at radius 1 is 1.31 bits per heavy atom. The fourth-order valence-corrected chi connectivity index (χ4v) is 2.03. The Labute approximate surface area is 99.0 Å². The number of hydrogen-bond donors (Lipinski definition) is 1. The molecule has 0 bridgehead atoms. The minimum atomic E-state index is 0.487. The van der Waals surface area contributed by atoms with Crippen LogP contribution in [0.25, 0.3) is 0 Å². The van der Waals surface area contributed by atoms with Gasteiger partial charge in [0.2, 0.25) is 0 Å². The zero-order chi connectivity index (χ0) is 12.3. The molecule has 0 aliphatic rings. The minimum absolute atomic E-state index is 0.487. The highest BCUT2D eigenvalue weighted by Crippen LogP contribution is 2.21. The number of aryl methyl sites for hydroxylation is 1. The van der Waals surface area contributed by atoms with Crippen LogP contribution in [0.5, 0.6) is 0 Å². The molecule has 0 radical (unpaired) electrons. The molecule has 0 aromatic carbocycles. The molecule has 3 heteroatoms. The van der Waals surface area contributed by atoms with Gasteiger partial charge < -0.3 is 5.73 Å². The summed E-state index contributed by atoms with van der Waals surface area (Å²) in [6.45, 7) is 11.6. The molecule has 2 unspecified atom stereocenters. The molecular formula is C13H25N3. The molecule has 92 valence electrons. The van der Waals surface area contributed by atoms with Crippen molar-refractivity contribution in [2.75, 3.05) is 6.54 Å². The van der Waals surface area contributed by atoms with Crippen molar-refractivity contribution in [3.63, 3.8) is 0 Å². The number of aromatic nitrogens is 2. The van der Waals surface area contributed by atoms with Gasteiger partial charge in [0.25, 0.3) is 0 Å². The fraction of sp³-hybridized carbons (Fsp3) is 0.769. The van der Waals surface area contributed by atoms with Crippen LogP contribution in [0.15, 0.2) is 0 Å². The van der Waals surface area contributed by atoms with Gasteiger partial charge in [-0.1, -0.05) is 13.8 Å². The summed E-state index contributed by atoms with van der Waals surface area (Å²) in [7, 11) is 0. The van der Waals surface area contributed by atoms with E-state index in [4.69, 9.17) is 5.73 Å². The second-order valence-electron chi connectivity index (χ2n) is 4.90. The first kappa shape index (κ1) is 13.2. The molecule has 1 aromatic heterocycles. The van der Waals surface area contributed by atoms with E-state index in [1.165, 1.54) is 11.3 Å². The second-order valence-corrected chi connectivity index (χ2v) is 4.90. The number of nitrogens with zero attached hydrogens (tertiary/aromatic N) is 2. The van der Waals surface area contributed by atoms with Crippen LogP contribution in [-0.4, -0.2) is 16.3 Å². The monoisotopic (exact) mass is 223 g/mol. The van der Waals surface area contributed by atoms with Crippen molar-refractivity contribution in [1.29, 1.82) is 0 Å². The van der Waals surface area contributed by atoms with Crippen LogP contribution < -0.4 is 5.73 Å². The van der Waals surface area contributed by atoms with Crippen molar-refractivity contribution in [1.82, 2.24) is 9.78 Å². The fourth-order valence-electron chi connectivity index (χ4n) is 2.03. The van der Waals surface area contributed by atoms with E-state index in [0.717, 1.165) is 25.1 Å². The zero-order valence-corrected chi connectivity index (χ0v) is 11.2. The first-order valence-electron chi connectivity index (χ1n) is 6.25. The van der Waals surface area contributed by atoms with E-state index in [-0.39, 0.29) is 0 Å². The Hall–Kier alpha value is -0.830. The molecule has 1 heterocycles. The van der Waals surface area contributed by atoms with Crippen LogP contribution in [0, 0.1) is 19.8 Å². The van der Waals surface area contributed by atoms with Gasteiger partial charge >= 0.3 is 0 Å². The quantitative estimate of drug-likeness (QED) is 0.834. The average molecular weight is 223 g/mol. The normalized spacial score (nSPS) is 15.1. The van der Waals surface area contributed by atoms with Crippen molar-refractivity contribution in [3.8, 4) is 0 Å². The van der Waals surface area contributed by atoms with E-state index in [1.54, 1.807) is 0 Å². The number of hydrogen-bond acceptors (Lipinski definition) is 2. The minimum Gasteiger partial charge on any atom is -0.330 e. The predicted molar refractivity (Wildman–Crippen MR) is 68.6 cm³/mol. The van der Waals surface area contributed by atoms with E-state index in [1.807, 2.05) is 0 Å². The molecule has 16 heavy (non-hydrogen) atoms. The van der Waals surface area contributed by atoms with Crippen LogP contribution in [0.4, 0.5) is 0 Å². The van der Waals surface area contributed by atoms with Gasteiger partial charge in [-0.15, -0.1) is 0 Å². The van der Waals surface area contributed by atoms with Crippen LogP contribution in [-0.2, 0) is 6.42 Å². The molecule has 0 saturated heterocycles. The Bertz CT molecular complexity index is 341. The van der Waals surface area contributed by atoms with Gasteiger partial charge in [-0.25, -0.2) is 0 Å². The molecule has 3 nitrogen and oxygen atoms in total. The summed E-state index contributed by atoms with van der Waals surface area (Å²) in [6.07, 6.45) is 2.17. The predicted octanol–water partition coefficient (Wildman–Crippen LogP) is 2.61. The number of rotatable bonds is 5. The summed E-state index contributed by atoms with van der Waals surface area (Å²) in [5.41, 5.74) is 9.55. The third-order valence-electron chi connectivity index (χ3n) is 3.44. The molecule has 0 spiro atoms. The van der Waals surface area contributed by atoms with Gasteiger partial charge in [0.1, 0.15) is 0 Å². The molecule has 2 atom stereocenters. The second kappa shape index (κ2) is 5.48. The Balaban J connectivity index is 2.97. The molecule has 1 aromatic rings. The third-order valence-corrected chi connectivity index (χ3v) is 3.44. The first-order valence-corrected chi connectivity index (χ1v) is 6.25. The van der Waals surface area contributed by atoms with Gasteiger partial charge in [0.05, 0.1) is 5.69 Å². The summed E-state index contributed by atoms with van der Waals surface area (Å²) >= 11 is 0. The van der Waals surface area contributed by atoms with Crippen LogP contribution in [0.3, 0.4) is 0 Å². The van der Waals surface area contributed by atoms with Gasteiger partial charge in [0.15, 0.2) is 0 Å². The topological polar surface area (TPSA) is 43.8 Å². The first-order chi connectivity index (χ1) is 7.51. The van der Waals surface area contributed by atoms with E-state index in [2.05, 4.69) is 44.4 Å². The molecule has 0 fully saturated rings. The standard InChI is InChI=1S/C13H25N3/c1-6-10(3)16-12(5)13(11(4)15-16)7-9(2)8-14/h9-10H,6-8,14H2,1-5H3. The maximum Gasteiger partial charge on any atom is 0.0628 e. The lowest BCUT2D eigenvalue weighted by molar-refractivity contribution is 0.464. The van der Waals surface area contributed by atoms with Crippen molar-refractivity contribution in [2.24, 2.45) is 11.7 Å². The van der Waals surface area contributed by atoms with Crippen LogP contribution in [0.1, 0.15) is 50.2 Å². The summed E-state index contributed by atoms with van der Waals surface area (Å²) in [4.78, 5) is 0. The highest BCUT2D eigenvalue weighted by molar-refractivity contribution is 5.25. The lowest BCUT2D eigenvalue weighted by atomic mass is 10.00. The smallest absolute Gasteiger partial charge is 0.0628 e. The molecule has 0 aliphatic carbocycles. The van der Waals surface area contributed by atoms with Gasteiger partial charge in [0, 0.05) is 11.7 Å². The summed E-state index contributed by atoms with van der Waals surface area (Å²) < 4.78 is 2.16. The summed E-state index contributed by atoms with van der Waals surface area (Å²) in [6, 6.07) is 0.487. The van der Waals surface area contributed by atoms with Gasteiger partial charge in [-0.2, -0.15) is 5.10 Å². The van der Waals surface area contributed by atoms with Gasteiger partial charge in [-0.3, -0.25) is 4.68 Å². The molecule has 0 amide bonds. The van der Waals surface area contributed by atoms with Gasteiger partial charge in [-0.05, 0) is 51.6 Å². The maximum atomic E-state index is 5.69. The maximum absolute atomic E-state index is 5.69. The molecular weight excluding hydrogens is 198 g/mol. The van der Waals surface area contributed by atoms with E-state index in [9.17, 15) is 0 Å². The van der Waals surface area contributed by atoms with Crippen molar-refractivity contribution >= 4 is 0 Å². The van der Waals surface area contributed by atoms with Crippen LogP contribution >= 0.6 is 0 Å². The lowest BCUT2D eigenvalue weighted by Gasteiger charge is -2.13. The highest BCUT2D eigenvalue weighted by atomic mass is 15.3. The summed E-state index contributed by atoms with van der Waals surface area (Å²) in [5, 5.41) is 4.64. The van der Waals surface area contributed by atoms with Crippen molar-refractivity contribution in [2.45, 2.75) is 53.5 Å². The Morgan fingerprint density at radius 2 is 1.94 bits per heavy atom. The lowest BCUT2D eigenvalue weighted by Crippen LogP contribution is -2.14. The molecule has 0 aliphatic heterocycles. The SMILES string of the molecule is CCC(C)n1nc(C)c(CC(C)CN)c1C. The Kier molecular flexibility index (Phi) is 4.54. The van der Waals surface area contributed by atoms with E-state index >= 15 is 0 Å². The van der Waals surface area contributed by atoms with Crippen LogP contribution in [0.2, 0.25) is 0 Å². The molecule has 1 rings (SSSR count). The summed E-state index contributed by atoms with van der Waals surface area (Å²) in [5.74, 6) is 0.534. The van der Waals surface area contributed by atoms with E-state index < -0.39 is 0 Å². The zero-order valence-electron chi connectivity index (χ0n) is 11.2. The number of nitrogens with two attached hydrogens (primary N) is 1. The average Bonchev–Trinajstić information content (AvgIpc) is 2.55. The largest absolute Gasteiger partial charge is 0.330 e. The third kappa shape index (κ3) is 2.64.